The van der Waals surface area contributed by atoms with E-state index in [-0.39, 0.29) is 32.4 Å². The molecule has 0 radical (unpaired) electrons. The molecule has 2 amide bonds. The summed E-state index contributed by atoms with van der Waals surface area (Å²) in [6.07, 6.45) is -1.20. The second-order valence-corrected chi connectivity index (χ2v) is 9.41. The maximum absolute atomic E-state index is 13.3. The molecule has 1 atom stereocenters. The van der Waals surface area contributed by atoms with Crippen LogP contribution in [0.5, 0.6) is 5.75 Å². The Morgan fingerprint density at radius 1 is 0.744 bits per heavy atom. The summed E-state index contributed by atoms with van der Waals surface area (Å²) in [5.74, 6) is -1.68. The van der Waals surface area contributed by atoms with E-state index in [0.717, 1.165) is 4.90 Å². The van der Waals surface area contributed by atoms with Crippen molar-refractivity contribution in [1.82, 2.24) is 0 Å². The molecule has 0 saturated carbocycles. The van der Waals surface area contributed by atoms with E-state index in [4.69, 9.17) is 32.7 Å². The quantitative estimate of drug-likeness (QED) is 0.144. The number of ether oxygens (including phenoxy) is 2. The zero-order valence-electron chi connectivity index (χ0n) is 20.4. The van der Waals surface area contributed by atoms with Crippen molar-refractivity contribution in [2.45, 2.75) is 6.10 Å². The lowest BCUT2D eigenvalue weighted by atomic mass is 9.99. The van der Waals surface area contributed by atoms with Crippen LogP contribution >= 0.6 is 23.2 Å². The fourth-order valence-electron chi connectivity index (χ4n) is 4.20. The van der Waals surface area contributed by atoms with Gasteiger partial charge in [-0.1, -0.05) is 53.5 Å². The SMILES string of the molecule is COc1ccc(C(=O)[C@H](OC(=O)c2ccc(N3C(=O)c4cc(Cl)c(Cl)cc4C3=O)cc2)c2ccccc2)cc1. The molecule has 4 aromatic rings. The fourth-order valence-corrected chi connectivity index (χ4v) is 4.52. The molecule has 0 N–H and O–H groups in total. The molecule has 0 aliphatic carbocycles. The smallest absolute Gasteiger partial charge is 0.339 e. The van der Waals surface area contributed by atoms with Crippen LogP contribution in [0.2, 0.25) is 10.0 Å². The van der Waals surface area contributed by atoms with Gasteiger partial charge in [0.2, 0.25) is 5.78 Å². The summed E-state index contributed by atoms with van der Waals surface area (Å²) in [5.41, 5.74) is 1.51. The van der Waals surface area contributed by atoms with Crippen molar-refractivity contribution in [2.24, 2.45) is 0 Å². The molecule has 7 nitrogen and oxygen atoms in total. The van der Waals surface area contributed by atoms with E-state index in [1.165, 1.54) is 43.5 Å². The number of imide groups is 1. The second kappa shape index (κ2) is 10.7. The first-order valence-electron chi connectivity index (χ1n) is 11.7. The van der Waals surface area contributed by atoms with Crippen LogP contribution in [0.15, 0.2) is 91.0 Å². The molecule has 39 heavy (non-hydrogen) atoms. The highest BCUT2D eigenvalue weighted by Crippen LogP contribution is 2.34. The van der Waals surface area contributed by atoms with E-state index in [0.29, 0.717) is 16.9 Å². The van der Waals surface area contributed by atoms with Crippen molar-refractivity contribution < 1.29 is 28.7 Å². The van der Waals surface area contributed by atoms with Gasteiger partial charge in [0.05, 0.1) is 39.5 Å². The topological polar surface area (TPSA) is 90.0 Å². The lowest BCUT2D eigenvalue weighted by molar-refractivity contribution is 0.0280. The van der Waals surface area contributed by atoms with E-state index in [2.05, 4.69) is 0 Å². The molecule has 0 bridgehead atoms. The van der Waals surface area contributed by atoms with Gasteiger partial charge in [-0.25, -0.2) is 9.69 Å². The van der Waals surface area contributed by atoms with E-state index in [1.54, 1.807) is 54.6 Å². The summed E-state index contributed by atoms with van der Waals surface area (Å²) in [7, 11) is 1.52. The van der Waals surface area contributed by atoms with Crippen LogP contribution in [-0.4, -0.2) is 30.7 Å². The van der Waals surface area contributed by atoms with E-state index in [9.17, 15) is 19.2 Å². The normalized spacial score (nSPS) is 13.2. The van der Waals surface area contributed by atoms with Crippen molar-refractivity contribution in [3.05, 3.63) is 129 Å². The van der Waals surface area contributed by atoms with Gasteiger partial charge < -0.3 is 9.47 Å². The number of benzene rings is 4. The van der Waals surface area contributed by atoms with Gasteiger partial charge in [-0.05, 0) is 60.7 Å². The summed E-state index contributed by atoms with van der Waals surface area (Å²) in [6.45, 7) is 0. The van der Waals surface area contributed by atoms with Crippen molar-refractivity contribution in [1.29, 1.82) is 0 Å². The standard InChI is InChI=1S/C30H19Cl2NO6/c1-38-21-13-9-17(10-14-21)26(34)27(18-5-3-2-4-6-18)39-30(37)19-7-11-20(12-8-19)33-28(35)22-15-24(31)25(32)16-23(22)29(33)36/h2-16,27H,1H3/t27-/m1/s1. The number of halogens is 2. The maximum Gasteiger partial charge on any atom is 0.339 e. The third-order valence-electron chi connectivity index (χ3n) is 6.23. The van der Waals surface area contributed by atoms with Gasteiger partial charge >= 0.3 is 5.97 Å². The number of ketones is 1. The number of amides is 2. The predicted molar refractivity (Wildman–Crippen MR) is 146 cm³/mol. The monoisotopic (exact) mass is 559 g/mol. The number of carbonyl (C=O) groups excluding carboxylic acids is 4. The largest absolute Gasteiger partial charge is 0.497 e. The van der Waals surface area contributed by atoms with Crippen LogP contribution in [-0.2, 0) is 4.74 Å². The van der Waals surface area contributed by atoms with Crippen LogP contribution in [0.25, 0.3) is 0 Å². The zero-order chi connectivity index (χ0) is 27.7. The number of fused-ring (bicyclic) bond motifs is 1. The molecule has 4 aromatic carbocycles. The van der Waals surface area contributed by atoms with Crippen molar-refractivity contribution in [3.63, 3.8) is 0 Å². The molecule has 0 unspecified atom stereocenters. The van der Waals surface area contributed by atoms with Crippen molar-refractivity contribution in [3.8, 4) is 5.75 Å². The number of rotatable bonds is 7. The third kappa shape index (κ3) is 5.02. The highest BCUT2D eigenvalue weighted by Gasteiger charge is 2.37. The van der Waals surface area contributed by atoms with Gasteiger partial charge in [-0.2, -0.15) is 0 Å². The Bertz CT molecular complexity index is 1560. The van der Waals surface area contributed by atoms with Gasteiger partial charge in [0.15, 0.2) is 6.10 Å². The molecule has 194 valence electrons. The average Bonchev–Trinajstić information content (AvgIpc) is 3.20. The third-order valence-corrected chi connectivity index (χ3v) is 6.95. The Hall–Kier alpha value is -4.46. The Morgan fingerprint density at radius 2 is 1.28 bits per heavy atom. The van der Waals surface area contributed by atoms with Crippen LogP contribution < -0.4 is 9.64 Å². The molecule has 5 rings (SSSR count). The van der Waals surface area contributed by atoms with E-state index < -0.39 is 29.7 Å². The van der Waals surface area contributed by atoms with Gasteiger partial charge in [0.1, 0.15) is 5.75 Å². The predicted octanol–water partition coefficient (Wildman–Crippen LogP) is 6.58. The summed E-state index contributed by atoms with van der Waals surface area (Å²) in [4.78, 5) is 53.3. The molecular formula is C30H19Cl2NO6. The second-order valence-electron chi connectivity index (χ2n) is 8.59. The maximum atomic E-state index is 13.3. The molecular weight excluding hydrogens is 541 g/mol. The van der Waals surface area contributed by atoms with Crippen molar-refractivity contribution >= 4 is 52.5 Å². The summed E-state index contributed by atoms with van der Waals surface area (Å²) < 4.78 is 10.8. The van der Waals surface area contributed by atoms with Gasteiger partial charge in [-0.15, -0.1) is 0 Å². The molecule has 0 spiro atoms. The number of methoxy groups -OCH3 is 1. The minimum absolute atomic E-state index is 0.130. The highest BCUT2D eigenvalue weighted by atomic mass is 35.5. The first kappa shape index (κ1) is 26.2. The average molecular weight is 560 g/mol. The van der Waals surface area contributed by atoms with E-state index in [1.807, 2.05) is 0 Å². The lowest BCUT2D eigenvalue weighted by Crippen LogP contribution is -2.29. The number of Topliss-reactive ketones (excluding diaryl/α,β-unsaturated/α-hetero) is 1. The molecule has 1 heterocycles. The van der Waals surface area contributed by atoms with Gasteiger partial charge in [0, 0.05) is 11.1 Å². The lowest BCUT2D eigenvalue weighted by Gasteiger charge is -2.18. The molecule has 0 saturated heterocycles. The van der Waals surface area contributed by atoms with Gasteiger partial charge in [0.25, 0.3) is 11.8 Å². The molecule has 9 heteroatoms. The summed E-state index contributed by atoms with van der Waals surface area (Å²) in [6, 6.07) is 23.6. The number of nitrogens with zero attached hydrogens (tertiary/aromatic N) is 1. The number of hydrogen-bond donors (Lipinski definition) is 0. The summed E-state index contributed by atoms with van der Waals surface area (Å²) in [5, 5.41) is 0.322. The Balaban J connectivity index is 1.38. The van der Waals surface area contributed by atoms with Crippen LogP contribution in [0.3, 0.4) is 0 Å². The number of anilines is 1. The number of carbonyl (C=O) groups is 4. The van der Waals surface area contributed by atoms with E-state index >= 15 is 0 Å². The minimum atomic E-state index is -1.20. The Kier molecular flexibility index (Phi) is 7.19. The van der Waals surface area contributed by atoms with Crippen LogP contribution in [0.4, 0.5) is 5.69 Å². The van der Waals surface area contributed by atoms with Crippen LogP contribution in [0.1, 0.15) is 53.1 Å². The first-order valence-corrected chi connectivity index (χ1v) is 12.5. The highest BCUT2D eigenvalue weighted by molar-refractivity contribution is 6.44. The zero-order valence-corrected chi connectivity index (χ0v) is 21.9. The fraction of sp³-hybridized carbons (Fsp3) is 0.0667. The molecule has 1 aliphatic rings. The first-order chi connectivity index (χ1) is 18.8. The number of esters is 1. The Labute approximate surface area is 233 Å². The molecule has 1 aliphatic heterocycles. The van der Waals surface area contributed by atoms with Gasteiger partial charge in [-0.3, -0.25) is 14.4 Å². The summed E-state index contributed by atoms with van der Waals surface area (Å²) >= 11 is 12.0. The van der Waals surface area contributed by atoms with Crippen molar-refractivity contribution in [2.75, 3.05) is 12.0 Å². The number of hydrogen-bond acceptors (Lipinski definition) is 6. The Morgan fingerprint density at radius 3 is 1.82 bits per heavy atom. The molecule has 0 fully saturated rings. The molecule has 0 aromatic heterocycles. The minimum Gasteiger partial charge on any atom is -0.497 e. The van der Waals surface area contributed by atoms with Crippen LogP contribution in [0, 0.1) is 0 Å².